The molecule has 0 bridgehead atoms. The van der Waals surface area contributed by atoms with Crippen molar-refractivity contribution in [1.29, 1.82) is 0 Å². The van der Waals surface area contributed by atoms with Crippen molar-refractivity contribution in [3.63, 3.8) is 0 Å². The Bertz CT molecular complexity index is 1170. The van der Waals surface area contributed by atoms with Crippen LogP contribution in [0.1, 0.15) is 65.1 Å². The van der Waals surface area contributed by atoms with Gasteiger partial charge in [-0.05, 0) is 44.7 Å². The number of hydrogen-bond donors (Lipinski definition) is 0. The number of aryl methyl sites for hydroxylation is 1. The number of piperidine rings is 1. The fourth-order valence-electron chi connectivity index (χ4n) is 4.23. The highest BCUT2D eigenvalue weighted by atomic mass is 16.6. The van der Waals surface area contributed by atoms with E-state index in [1.54, 1.807) is 0 Å². The van der Waals surface area contributed by atoms with Gasteiger partial charge in [-0.25, -0.2) is 9.97 Å². The Morgan fingerprint density at radius 1 is 1.19 bits per heavy atom. The molecule has 0 N–H and O–H groups in total. The van der Waals surface area contributed by atoms with E-state index in [4.69, 9.17) is 9.51 Å². The number of nitro benzene ring substituents is 1. The molecule has 1 aromatic carbocycles. The molecule has 1 aliphatic heterocycles. The van der Waals surface area contributed by atoms with Gasteiger partial charge in [0.1, 0.15) is 5.82 Å². The Morgan fingerprint density at radius 2 is 1.97 bits per heavy atom. The van der Waals surface area contributed by atoms with Crippen molar-refractivity contribution in [2.45, 2.75) is 44.4 Å². The van der Waals surface area contributed by atoms with Crippen molar-refractivity contribution >= 4 is 11.6 Å². The van der Waals surface area contributed by atoms with Crippen LogP contribution in [0.25, 0.3) is 11.3 Å². The van der Waals surface area contributed by atoms with E-state index in [0.29, 0.717) is 30.3 Å². The van der Waals surface area contributed by atoms with Crippen LogP contribution in [-0.2, 0) is 0 Å². The molecule has 32 heavy (non-hydrogen) atoms. The third kappa shape index (κ3) is 3.98. The highest BCUT2D eigenvalue weighted by Crippen LogP contribution is 2.40. The third-order valence-electron chi connectivity index (χ3n) is 6.09. The fourth-order valence-corrected chi connectivity index (χ4v) is 4.23. The van der Waals surface area contributed by atoms with Crippen LogP contribution >= 0.6 is 0 Å². The van der Waals surface area contributed by atoms with Crippen molar-refractivity contribution in [3.05, 3.63) is 69.4 Å². The molecule has 0 radical (unpaired) electrons. The molecule has 5 rings (SSSR count). The molecule has 164 valence electrons. The molecule has 1 atom stereocenters. The number of likely N-dealkylation sites (tertiary alicyclic amines) is 1. The van der Waals surface area contributed by atoms with E-state index in [0.717, 1.165) is 48.5 Å². The summed E-state index contributed by atoms with van der Waals surface area (Å²) in [4.78, 5) is 34.8. The minimum atomic E-state index is -0.468. The maximum Gasteiger partial charge on any atom is 0.269 e. The standard InChI is InChI=1S/C23H23N5O4/c1-14-11-20(32-26-14)19-12-24-22(15-4-5-15)25-21(19)17-3-2-10-27(13-17)23(29)16-6-8-18(9-7-16)28(30)31/h6-9,11-12,15,17H,2-5,10,13H2,1H3. The van der Waals surface area contributed by atoms with Crippen LogP contribution in [0.4, 0.5) is 5.69 Å². The summed E-state index contributed by atoms with van der Waals surface area (Å²) in [5.74, 6) is 1.84. The molecular formula is C23H23N5O4. The second-order valence-electron chi connectivity index (χ2n) is 8.53. The topological polar surface area (TPSA) is 115 Å². The smallest absolute Gasteiger partial charge is 0.269 e. The molecule has 1 saturated carbocycles. The van der Waals surface area contributed by atoms with Crippen LogP contribution in [0.3, 0.4) is 0 Å². The monoisotopic (exact) mass is 433 g/mol. The van der Waals surface area contributed by atoms with Gasteiger partial charge in [0.2, 0.25) is 0 Å². The SMILES string of the molecule is Cc1cc(-c2cnc(C3CC3)nc2C2CCCN(C(=O)c3ccc([N+](=O)[O-])cc3)C2)on1. The van der Waals surface area contributed by atoms with E-state index in [1.165, 1.54) is 24.3 Å². The lowest BCUT2D eigenvalue weighted by atomic mass is 9.90. The molecule has 2 fully saturated rings. The van der Waals surface area contributed by atoms with Crippen LogP contribution in [0, 0.1) is 17.0 Å². The number of carbonyl (C=O) groups is 1. The van der Waals surface area contributed by atoms with E-state index < -0.39 is 4.92 Å². The van der Waals surface area contributed by atoms with Gasteiger partial charge in [0.15, 0.2) is 5.76 Å². The van der Waals surface area contributed by atoms with E-state index in [2.05, 4.69) is 10.1 Å². The van der Waals surface area contributed by atoms with Gasteiger partial charge in [-0.2, -0.15) is 0 Å². The van der Waals surface area contributed by atoms with Gasteiger partial charge >= 0.3 is 0 Å². The van der Waals surface area contributed by atoms with Gasteiger partial charge < -0.3 is 9.42 Å². The van der Waals surface area contributed by atoms with Gasteiger partial charge in [0.25, 0.3) is 11.6 Å². The molecule has 9 nitrogen and oxygen atoms in total. The predicted octanol–water partition coefficient (Wildman–Crippen LogP) is 4.25. The number of benzene rings is 1. The zero-order chi connectivity index (χ0) is 22.2. The van der Waals surface area contributed by atoms with Crippen LogP contribution in [-0.4, -0.2) is 43.9 Å². The van der Waals surface area contributed by atoms with Crippen molar-refractivity contribution in [3.8, 4) is 11.3 Å². The van der Waals surface area contributed by atoms with Crippen LogP contribution in [0.2, 0.25) is 0 Å². The maximum absolute atomic E-state index is 13.1. The largest absolute Gasteiger partial charge is 0.356 e. The number of non-ortho nitro benzene ring substituents is 1. The van der Waals surface area contributed by atoms with Gasteiger partial charge in [-0.15, -0.1) is 0 Å². The molecule has 1 saturated heterocycles. The minimum absolute atomic E-state index is 0.0290. The molecular weight excluding hydrogens is 410 g/mol. The second kappa shape index (κ2) is 8.14. The van der Waals surface area contributed by atoms with E-state index in [-0.39, 0.29) is 17.5 Å². The average Bonchev–Trinajstić information content (AvgIpc) is 3.59. The number of carbonyl (C=O) groups excluding carboxylic acids is 1. The first-order valence-corrected chi connectivity index (χ1v) is 10.8. The summed E-state index contributed by atoms with van der Waals surface area (Å²) in [6, 6.07) is 7.64. The summed E-state index contributed by atoms with van der Waals surface area (Å²) >= 11 is 0. The van der Waals surface area contributed by atoms with E-state index >= 15 is 0 Å². The zero-order valence-electron chi connectivity index (χ0n) is 17.7. The number of nitro groups is 1. The number of rotatable bonds is 5. The Hall–Kier alpha value is -3.62. The molecule has 3 aromatic rings. The van der Waals surface area contributed by atoms with E-state index in [1.807, 2.05) is 24.1 Å². The lowest BCUT2D eigenvalue weighted by Gasteiger charge is -2.33. The molecule has 3 heterocycles. The maximum atomic E-state index is 13.1. The summed E-state index contributed by atoms with van der Waals surface area (Å²) in [5, 5.41) is 14.9. The van der Waals surface area contributed by atoms with Crippen molar-refractivity contribution in [1.82, 2.24) is 20.0 Å². The molecule has 0 spiro atoms. The zero-order valence-corrected chi connectivity index (χ0v) is 17.7. The van der Waals surface area contributed by atoms with Crippen molar-refractivity contribution in [2.75, 3.05) is 13.1 Å². The van der Waals surface area contributed by atoms with Gasteiger partial charge in [-0.3, -0.25) is 14.9 Å². The normalized spacial score (nSPS) is 18.5. The van der Waals surface area contributed by atoms with Crippen LogP contribution in [0.5, 0.6) is 0 Å². The highest BCUT2D eigenvalue weighted by molar-refractivity contribution is 5.94. The molecule has 1 unspecified atom stereocenters. The van der Waals surface area contributed by atoms with Crippen LogP contribution < -0.4 is 0 Å². The average molecular weight is 433 g/mol. The van der Waals surface area contributed by atoms with Crippen molar-refractivity contribution in [2.24, 2.45) is 0 Å². The number of amides is 1. The Morgan fingerprint density at radius 3 is 2.62 bits per heavy atom. The molecule has 9 heteroatoms. The first-order chi connectivity index (χ1) is 15.5. The molecule has 1 amide bonds. The van der Waals surface area contributed by atoms with Gasteiger partial charge in [-0.1, -0.05) is 5.16 Å². The lowest BCUT2D eigenvalue weighted by molar-refractivity contribution is -0.384. The summed E-state index contributed by atoms with van der Waals surface area (Å²) in [5.41, 5.74) is 2.93. The number of aromatic nitrogens is 3. The fraction of sp³-hybridized carbons (Fsp3) is 0.391. The van der Waals surface area contributed by atoms with Crippen LogP contribution in [0.15, 0.2) is 41.1 Å². The highest BCUT2D eigenvalue weighted by Gasteiger charge is 2.32. The number of hydrogen-bond acceptors (Lipinski definition) is 7. The predicted molar refractivity (Wildman–Crippen MR) is 115 cm³/mol. The Labute approximate surface area is 184 Å². The Kier molecular flexibility index (Phi) is 5.16. The van der Waals surface area contributed by atoms with E-state index in [9.17, 15) is 14.9 Å². The molecule has 2 aromatic heterocycles. The van der Waals surface area contributed by atoms with Crippen molar-refractivity contribution < 1.29 is 14.2 Å². The first-order valence-electron chi connectivity index (χ1n) is 10.8. The first kappa shape index (κ1) is 20.3. The second-order valence-corrected chi connectivity index (χ2v) is 8.53. The quantitative estimate of drug-likeness (QED) is 0.436. The minimum Gasteiger partial charge on any atom is -0.356 e. The summed E-state index contributed by atoms with van der Waals surface area (Å²) in [6.45, 7) is 3.04. The third-order valence-corrected chi connectivity index (χ3v) is 6.09. The summed E-state index contributed by atoms with van der Waals surface area (Å²) in [7, 11) is 0. The van der Waals surface area contributed by atoms with Gasteiger partial charge in [0, 0.05) is 54.9 Å². The Balaban J connectivity index is 1.42. The summed E-state index contributed by atoms with van der Waals surface area (Å²) in [6.07, 6.45) is 5.80. The van der Waals surface area contributed by atoms with Gasteiger partial charge in [0.05, 0.1) is 21.9 Å². The molecule has 2 aliphatic rings. The molecule has 1 aliphatic carbocycles. The number of nitrogens with zero attached hydrogens (tertiary/aromatic N) is 5. The lowest BCUT2D eigenvalue weighted by Crippen LogP contribution is -2.39. The summed E-state index contributed by atoms with van der Waals surface area (Å²) < 4.78 is 5.51.